The monoisotopic (exact) mass is 850 g/mol. The maximum Gasteiger partial charge on any atom is 0.472 e. The van der Waals surface area contributed by atoms with Crippen LogP contribution in [0.4, 0.5) is 0 Å². The van der Waals surface area contributed by atoms with Crippen molar-refractivity contribution in [2.75, 3.05) is 6.61 Å². The zero-order chi connectivity index (χ0) is 42.9. The lowest BCUT2D eigenvalue weighted by Crippen LogP contribution is -2.64. The molecule has 12 nitrogen and oxygen atoms in total. The normalized spacial score (nSPS) is 23.3. The standard InChI is InChI=1S/C45H88NO11P/c1-3-5-7-9-11-13-15-17-19-20-21-22-24-26-28-30-32-34-38(47)37(36-56-58(54,55)57-45-43(52)41(50)40(49)42(51)44(45)53)46-39(48)35-33-31-29-27-25-23-18-16-14-12-10-8-6-4-2/h32,34,37-38,40-45,47,49-53H,3-31,33,35-36H2,1-2H3,(H,46,48)(H,54,55)/b34-32+/t37-,38+,40?,41+,42?,43?,44?,45?/m0/s1. The average molecular weight is 850 g/mol. The Labute approximate surface area is 352 Å². The van der Waals surface area contributed by atoms with Crippen LogP contribution in [0.15, 0.2) is 12.2 Å². The van der Waals surface area contributed by atoms with E-state index in [1.165, 1.54) is 147 Å². The molecule has 1 rings (SSSR count). The van der Waals surface area contributed by atoms with Crippen molar-refractivity contribution in [3.8, 4) is 0 Å². The number of nitrogens with one attached hydrogen (secondary N) is 1. The van der Waals surface area contributed by atoms with E-state index in [0.29, 0.717) is 6.42 Å². The van der Waals surface area contributed by atoms with Crippen LogP contribution in [0.5, 0.6) is 0 Å². The number of hydrogen-bond donors (Lipinski definition) is 8. The fraction of sp³-hybridized carbons (Fsp3) is 0.933. The molecule has 6 unspecified atom stereocenters. The summed E-state index contributed by atoms with van der Waals surface area (Å²) in [6, 6.07) is -1.11. The number of carbonyl (C=O) groups excluding carboxylic acids is 1. The molecular formula is C45H88NO11P. The first kappa shape index (κ1) is 55.1. The molecule has 0 aromatic carbocycles. The molecule has 0 aromatic heterocycles. The summed E-state index contributed by atoms with van der Waals surface area (Å²) in [4.78, 5) is 23.4. The minimum Gasteiger partial charge on any atom is -0.387 e. The van der Waals surface area contributed by atoms with Crippen molar-refractivity contribution in [3.63, 3.8) is 0 Å². The Balaban J connectivity index is 2.49. The van der Waals surface area contributed by atoms with Crippen LogP contribution < -0.4 is 5.32 Å². The van der Waals surface area contributed by atoms with Crippen LogP contribution >= 0.6 is 7.82 Å². The third-order valence-electron chi connectivity index (χ3n) is 11.6. The predicted molar refractivity (Wildman–Crippen MR) is 232 cm³/mol. The SMILES string of the molecule is CCCCCCCCCCCCCCCCC/C=C/[C@@H](O)[C@H](COP(=O)(O)OC1C(O)C(O)C(O)[C@@H](O)C1O)NC(=O)CCCCCCCCCCCCCCCC. The lowest BCUT2D eigenvalue weighted by Gasteiger charge is -2.41. The summed E-state index contributed by atoms with van der Waals surface area (Å²) >= 11 is 0. The molecule has 0 spiro atoms. The van der Waals surface area contributed by atoms with Crippen LogP contribution in [0.25, 0.3) is 0 Å². The Bertz CT molecular complexity index is 1040. The first-order valence-electron chi connectivity index (χ1n) is 23.6. The number of phosphoric acid groups is 1. The van der Waals surface area contributed by atoms with Gasteiger partial charge in [0.2, 0.25) is 5.91 Å². The smallest absolute Gasteiger partial charge is 0.387 e. The van der Waals surface area contributed by atoms with E-state index in [4.69, 9.17) is 9.05 Å². The molecule has 0 radical (unpaired) electrons. The number of aliphatic hydroxyl groups excluding tert-OH is 6. The third-order valence-corrected chi connectivity index (χ3v) is 12.6. The van der Waals surface area contributed by atoms with Gasteiger partial charge in [0, 0.05) is 6.42 Å². The summed E-state index contributed by atoms with van der Waals surface area (Å²) < 4.78 is 22.9. The van der Waals surface area contributed by atoms with E-state index in [1.54, 1.807) is 0 Å². The van der Waals surface area contributed by atoms with Crippen LogP contribution in [0.2, 0.25) is 0 Å². The molecule has 0 bridgehead atoms. The Hall–Kier alpha value is -0.920. The maximum atomic E-state index is 12.9. The summed E-state index contributed by atoms with van der Waals surface area (Å²) in [7, 11) is -5.07. The van der Waals surface area contributed by atoms with Gasteiger partial charge >= 0.3 is 7.82 Å². The molecular weight excluding hydrogens is 761 g/mol. The van der Waals surface area contributed by atoms with Crippen LogP contribution in [0.3, 0.4) is 0 Å². The molecule has 0 aliphatic heterocycles. The summed E-state index contributed by atoms with van der Waals surface area (Å²) in [5.41, 5.74) is 0. The predicted octanol–water partition coefficient (Wildman–Crippen LogP) is 8.84. The maximum absolute atomic E-state index is 12.9. The number of unbranched alkanes of at least 4 members (excludes halogenated alkanes) is 28. The van der Waals surface area contributed by atoms with Gasteiger partial charge in [0.15, 0.2) is 0 Å². The van der Waals surface area contributed by atoms with Crippen LogP contribution in [0.1, 0.15) is 213 Å². The van der Waals surface area contributed by atoms with Gasteiger partial charge in [-0.2, -0.15) is 0 Å². The van der Waals surface area contributed by atoms with E-state index >= 15 is 0 Å². The van der Waals surface area contributed by atoms with E-state index in [-0.39, 0.29) is 12.3 Å². The number of rotatable bonds is 39. The number of hydrogen-bond acceptors (Lipinski definition) is 10. The van der Waals surface area contributed by atoms with Gasteiger partial charge in [0.05, 0.1) is 18.8 Å². The Kier molecular flexibility index (Phi) is 33.9. The number of carbonyl (C=O) groups is 1. The van der Waals surface area contributed by atoms with Crippen LogP contribution in [-0.2, 0) is 18.4 Å². The topological polar surface area (TPSA) is 206 Å². The number of allylic oxidation sites excluding steroid dienone is 1. The average Bonchev–Trinajstić information content (AvgIpc) is 3.20. The van der Waals surface area contributed by atoms with Gasteiger partial charge in [-0.3, -0.25) is 13.8 Å². The highest BCUT2D eigenvalue weighted by Crippen LogP contribution is 2.47. The van der Waals surface area contributed by atoms with E-state index in [0.717, 1.165) is 44.9 Å². The first-order valence-corrected chi connectivity index (χ1v) is 25.1. The molecule has 1 aliphatic carbocycles. The lowest BCUT2D eigenvalue weighted by atomic mass is 9.85. The summed E-state index contributed by atoms with van der Waals surface area (Å²) in [6.07, 6.45) is 27.1. The third kappa shape index (κ3) is 27.1. The first-order chi connectivity index (χ1) is 27.9. The van der Waals surface area contributed by atoms with Crippen molar-refractivity contribution in [1.82, 2.24) is 5.32 Å². The van der Waals surface area contributed by atoms with Gasteiger partial charge in [-0.1, -0.05) is 199 Å². The molecule has 1 fully saturated rings. The molecule has 8 N–H and O–H groups in total. The largest absolute Gasteiger partial charge is 0.472 e. The fourth-order valence-corrected chi connectivity index (χ4v) is 8.64. The lowest BCUT2D eigenvalue weighted by molar-refractivity contribution is -0.220. The molecule has 1 aliphatic rings. The second kappa shape index (κ2) is 35.7. The molecule has 0 heterocycles. The minimum atomic E-state index is -5.07. The van der Waals surface area contributed by atoms with Crippen molar-refractivity contribution in [1.29, 1.82) is 0 Å². The van der Waals surface area contributed by atoms with Gasteiger partial charge in [-0.05, 0) is 19.3 Å². The molecule has 1 amide bonds. The molecule has 9 atom stereocenters. The summed E-state index contributed by atoms with van der Waals surface area (Å²) in [6.45, 7) is 3.85. The Morgan fingerprint density at radius 1 is 0.569 bits per heavy atom. The molecule has 0 aromatic rings. The minimum absolute atomic E-state index is 0.218. The summed E-state index contributed by atoms with van der Waals surface area (Å²) in [5, 5.41) is 64.0. The highest BCUT2D eigenvalue weighted by atomic mass is 31.2. The molecule has 344 valence electrons. The zero-order valence-electron chi connectivity index (χ0n) is 36.6. The van der Waals surface area contributed by atoms with Gasteiger partial charge < -0.3 is 40.8 Å². The van der Waals surface area contributed by atoms with Crippen LogP contribution in [0, 0.1) is 0 Å². The number of phosphoric ester groups is 1. The summed E-state index contributed by atoms with van der Waals surface area (Å²) in [5.74, 6) is -0.338. The fourth-order valence-electron chi connectivity index (χ4n) is 7.67. The highest BCUT2D eigenvalue weighted by molar-refractivity contribution is 7.47. The number of amides is 1. The highest BCUT2D eigenvalue weighted by Gasteiger charge is 2.51. The van der Waals surface area contributed by atoms with E-state index < -0.39 is 63.2 Å². The molecule has 13 heteroatoms. The second-order valence-corrected chi connectivity index (χ2v) is 18.4. The molecule has 1 saturated carbocycles. The van der Waals surface area contributed by atoms with Crippen molar-refractivity contribution >= 4 is 13.7 Å². The van der Waals surface area contributed by atoms with Gasteiger partial charge in [-0.25, -0.2) is 4.57 Å². The van der Waals surface area contributed by atoms with Crippen molar-refractivity contribution in [3.05, 3.63) is 12.2 Å². The molecule has 58 heavy (non-hydrogen) atoms. The van der Waals surface area contributed by atoms with Crippen molar-refractivity contribution in [2.24, 2.45) is 0 Å². The quantitative estimate of drug-likeness (QED) is 0.0167. The Morgan fingerprint density at radius 2 is 0.914 bits per heavy atom. The zero-order valence-corrected chi connectivity index (χ0v) is 37.5. The second-order valence-electron chi connectivity index (χ2n) is 17.0. The Morgan fingerprint density at radius 3 is 1.31 bits per heavy atom. The van der Waals surface area contributed by atoms with Crippen molar-refractivity contribution < 1.29 is 53.9 Å². The molecule has 0 saturated heterocycles. The van der Waals surface area contributed by atoms with E-state index in [1.807, 2.05) is 6.08 Å². The van der Waals surface area contributed by atoms with Crippen LogP contribution in [-0.4, -0.2) is 96.8 Å². The van der Waals surface area contributed by atoms with E-state index in [2.05, 4.69) is 19.2 Å². The van der Waals surface area contributed by atoms with Crippen molar-refractivity contribution in [2.45, 2.75) is 262 Å². The van der Waals surface area contributed by atoms with Gasteiger partial charge in [0.25, 0.3) is 0 Å². The van der Waals surface area contributed by atoms with Gasteiger partial charge in [-0.15, -0.1) is 0 Å². The number of aliphatic hydroxyl groups is 6. The van der Waals surface area contributed by atoms with E-state index in [9.17, 15) is 44.9 Å². The van der Waals surface area contributed by atoms with Gasteiger partial charge in [0.1, 0.15) is 36.6 Å².